The van der Waals surface area contributed by atoms with Crippen molar-refractivity contribution >= 4 is 21.8 Å². The van der Waals surface area contributed by atoms with E-state index in [9.17, 15) is 18.0 Å². The van der Waals surface area contributed by atoms with Crippen LogP contribution in [0.1, 0.15) is 23.2 Å². The second-order valence-electron chi connectivity index (χ2n) is 6.57. The van der Waals surface area contributed by atoms with Gasteiger partial charge in [-0.15, -0.1) is 0 Å². The molecule has 9 heteroatoms. The summed E-state index contributed by atoms with van der Waals surface area (Å²) in [5.41, 5.74) is 0.340. The van der Waals surface area contributed by atoms with E-state index in [1.165, 1.54) is 29.2 Å². The Hall–Kier alpha value is -1.97. The van der Waals surface area contributed by atoms with Gasteiger partial charge in [0.05, 0.1) is 24.7 Å². The van der Waals surface area contributed by atoms with Crippen molar-refractivity contribution in [2.45, 2.75) is 23.8 Å². The Bertz CT molecular complexity index is 768. The summed E-state index contributed by atoms with van der Waals surface area (Å²) in [6.07, 6.45) is 1.72. The molecule has 1 aromatic carbocycles. The molecule has 26 heavy (non-hydrogen) atoms. The third-order valence-electron chi connectivity index (χ3n) is 4.39. The van der Waals surface area contributed by atoms with Crippen molar-refractivity contribution in [3.05, 3.63) is 29.8 Å². The maximum Gasteiger partial charge on any atom is 0.254 e. The molecule has 1 heterocycles. The Balaban J connectivity index is 1.60. The number of hydrogen-bond acceptors (Lipinski definition) is 5. The van der Waals surface area contributed by atoms with Crippen LogP contribution in [-0.2, 0) is 19.6 Å². The second-order valence-corrected chi connectivity index (χ2v) is 8.29. The summed E-state index contributed by atoms with van der Waals surface area (Å²) in [4.78, 5) is 27.8. The number of nitrogens with zero attached hydrogens (tertiary/aromatic N) is 2. The van der Waals surface area contributed by atoms with Crippen LogP contribution in [0.3, 0.4) is 0 Å². The van der Waals surface area contributed by atoms with Crippen LogP contribution < -0.4 is 4.72 Å². The zero-order chi connectivity index (χ0) is 18.7. The summed E-state index contributed by atoms with van der Waals surface area (Å²) in [6.45, 7) is 2.05. The third kappa shape index (κ3) is 4.60. The number of sulfonamides is 1. The lowest BCUT2D eigenvalue weighted by Gasteiger charge is -2.28. The molecule has 2 amide bonds. The fraction of sp³-hybridized carbons (Fsp3) is 0.529. The molecule has 0 bridgehead atoms. The number of morpholine rings is 1. The number of likely N-dealkylation sites (N-methyl/N-ethyl adjacent to an activating group) is 1. The average molecular weight is 381 g/mol. The number of carbonyl (C=O) groups excluding carboxylic acids is 2. The van der Waals surface area contributed by atoms with Crippen LogP contribution in [0.25, 0.3) is 0 Å². The van der Waals surface area contributed by atoms with Gasteiger partial charge in [0.1, 0.15) is 0 Å². The summed E-state index contributed by atoms with van der Waals surface area (Å²) in [6, 6.07) is 5.79. The molecule has 1 N–H and O–H groups in total. The second kappa shape index (κ2) is 7.73. The fourth-order valence-electron chi connectivity index (χ4n) is 2.67. The Morgan fingerprint density at radius 1 is 1.19 bits per heavy atom. The minimum Gasteiger partial charge on any atom is -0.378 e. The number of nitrogens with one attached hydrogen (secondary N) is 1. The smallest absolute Gasteiger partial charge is 0.254 e. The van der Waals surface area contributed by atoms with Crippen molar-refractivity contribution in [1.29, 1.82) is 0 Å². The van der Waals surface area contributed by atoms with Gasteiger partial charge < -0.3 is 14.5 Å². The Labute approximate surface area is 153 Å². The molecule has 3 rings (SSSR count). The lowest BCUT2D eigenvalue weighted by molar-refractivity contribution is -0.135. The minimum atomic E-state index is -3.54. The van der Waals surface area contributed by atoms with Crippen molar-refractivity contribution in [2.24, 2.45) is 0 Å². The van der Waals surface area contributed by atoms with Crippen LogP contribution in [0.15, 0.2) is 29.2 Å². The monoisotopic (exact) mass is 381 g/mol. The van der Waals surface area contributed by atoms with E-state index in [0.29, 0.717) is 31.9 Å². The van der Waals surface area contributed by atoms with Crippen LogP contribution in [0.5, 0.6) is 0 Å². The topological polar surface area (TPSA) is 96.0 Å². The molecule has 8 nitrogen and oxygen atoms in total. The Morgan fingerprint density at radius 3 is 2.38 bits per heavy atom. The summed E-state index contributed by atoms with van der Waals surface area (Å²) >= 11 is 0. The molecule has 0 radical (unpaired) electrons. The largest absolute Gasteiger partial charge is 0.378 e. The summed E-state index contributed by atoms with van der Waals surface area (Å²) in [7, 11) is -1.99. The third-order valence-corrected chi connectivity index (χ3v) is 5.93. The van der Waals surface area contributed by atoms with E-state index < -0.39 is 10.0 Å². The molecule has 1 saturated carbocycles. The summed E-state index contributed by atoms with van der Waals surface area (Å²) < 4.78 is 32.1. The first-order valence-corrected chi connectivity index (χ1v) is 10.1. The number of hydrogen-bond donors (Lipinski definition) is 1. The predicted molar refractivity (Wildman–Crippen MR) is 94.1 cm³/mol. The average Bonchev–Trinajstić information content (AvgIpc) is 3.45. The van der Waals surface area contributed by atoms with E-state index in [0.717, 1.165) is 12.8 Å². The standard InChI is InChI=1S/C17H23N3O5S/c1-19(12-16(21)20-8-10-25-11-9-20)17(22)13-2-6-15(7-3-13)26(23,24)18-14-4-5-14/h2-3,6-7,14,18H,4-5,8-12H2,1H3. The van der Waals surface area contributed by atoms with E-state index in [4.69, 9.17) is 4.74 Å². The molecular formula is C17H23N3O5S. The highest BCUT2D eigenvalue weighted by atomic mass is 32.2. The Kier molecular flexibility index (Phi) is 5.59. The van der Waals surface area contributed by atoms with Gasteiger partial charge in [0, 0.05) is 31.7 Å². The van der Waals surface area contributed by atoms with Gasteiger partial charge in [-0.2, -0.15) is 0 Å². The lowest BCUT2D eigenvalue weighted by atomic mass is 10.2. The van der Waals surface area contributed by atoms with E-state index in [-0.39, 0.29) is 29.3 Å². The van der Waals surface area contributed by atoms with Crippen LogP contribution >= 0.6 is 0 Å². The van der Waals surface area contributed by atoms with Gasteiger partial charge >= 0.3 is 0 Å². The maximum atomic E-state index is 12.5. The van der Waals surface area contributed by atoms with Crippen LogP contribution in [0, 0.1) is 0 Å². The molecule has 1 aliphatic carbocycles. The molecule has 142 valence electrons. The van der Waals surface area contributed by atoms with E-state index in [1.54, 1.807) is 11.9 Å². The van der Waals surface area contributed by atoms with Crippen molar-refractivity contribution in [3.63, 3.8) is 0 Å². The van der Waals surface area contributed by atoms with Crippen molar-refractivity contribution in [3.8, 4) is 0 Å². The minimum absolute atomic E-state index is 0.0257. The van der Waals surface area contributed by atoms with E-state index in [1.807, 2.05) is 0 Å². The zero-order valence-electron chi connectivity index (χ0n) is 14.7. The first-order valence-electron chi connectivity index (χ1n) is 8.60. The highest BCUT2D eigenvalue weighted by Gasteiger charge is 2.28. The highest BCUT2D eigenvalue weighted by molar-refractivity contribution is 7.89. The van der Waals surface area contributed by atoms with Gasteiger partial charge in [0.25, 0.3) is 5.91 Å². The number of carbonyl (C=O) groups is 2. The Morgan fingerprint density at radius 2 is 1.81 bits per heavy atom. The van der Waals surface area contributed by atoms with Crippen LogP contribution in [-0.4, -0.2) is 76.0 Å². The van der Waals surface area contributed by atoms with Crippen molar-refractivity contribution < 1.29 is 22.7 Å². The van der Waals surface area contributed by atoms with E-state index >= 15 is 0 Å². The van der Waals surface area contributed by atoms with Crippen molar-refractivity contribution in [2.75, 3.05) is 39.9 Å². The molecule has 0 unspecified atom stereocenters. The first kappa shape index (κ1) is 18.8. The maximum absolute atomic E-state index is 12.5. The molecule has 1 aliphatic heterocycles. The SMILES string of the molecule is CN(CC(=O)N1CCOCC1)C(=O)c1ccc(S(=O)(=O)NC2CC2)cc1. The summed E-state index contributed by atoms with van der Waals surface area (Å²) in [5.74, 6) is -0.456. The normalized spacial score (nSPS) is 17.8. The fourth-order valence-corrected chi connectivity index (χ4v) is 3.98. The molecule has 0 atom stereocenters. The van der Waals surface area contributed by atoms with Crippen LogP contribution in [0.4, 0.5) is 0 Å². The number of benzene rings is 1. The van der Waals surface area contributed by atoms with Crippen molar-refractivity contribution in [1.82, 2.24) is 14.5 Å². The van der Waals surface area contributed by atoms with Gasteiger partial charge in [0.2, 0.25) is 15.9 Å². The molecule has 1 aromatic rings. The molecule has 0 spiro atoms. The first-order chi connectivity index (χ1) is 12.4. The molecule has 2 aliphatic rings. The summed E-state index contributed by atoms with van der Waals surface area (Å²) in [5, 5.41) is 0. The molecule has 0 aromatic heterocycles. The molecule has 1 saturated heterocycles. The predicted octanol–water partition coefficient (Wildman–Crippen LogP) is 0.0581. The molecule has 2 fully saturated rings. The number of ether oxygens (including phenoxy) is 1. The van der Waals surface area contributed by atoms with Gasteiger partial charge in [-0.1, -0.05) is 0 Å². The quantitative estimate of drug-likeness (QED) is 0.752. The van der Waals surface area contributed by atoms with E-state index in [2.05, 4.69) is 4.72 Å². The highest BCUT2D eigenvalue weighted by Crippen LogP contribution is 2.22. The van der Waals surface area contributed by atoms with Gasteiger partial charge in [-0.25, -0.2) is 13.1 Å². The van der Waals surface area contributed by atoms with Crippen LogP contribution in [0.2, 0.25) is 0 Å². The molecular weight excluding hydrogens is 358 g/mol. The lowest BCUT2D eigenvalue weighted by Crippen LogP contribution is -2.46. The number of rotatable bonds is 6. The van der Waals surface area contributed by atoms with Gasteiger partial charge in [-0.05, 0) is 37.1 Å². The number of amides is 2. The zero-order valence-corrected chi connectivity index (χ0v) is 15.5. The van der Waals surface area contributed by atoms with Gasteiger partial charge in [0.15, 0.2) is 0 Å². The van der Waals surface area contributed by atoms with Gasteiger partial charge in [-0.3, -0.25) is 9.59 Å².